The van der Waals surface area contributed by atoms with Crippen LogP contribution in [-0.2, 0) is 114 Å². The van der Waals surface area contributed by atoms with Crippen molar-refractivity contribution in [2.75, 3.05) is 59.5 Å². The lowest BCUT2D eigenvalue weighted by Gasteiger charge is -2.51. The molecule has 10 aliphatic heterocycles. The first-order valence-corrected chi connectivity index (χ1v) is 40.6. The molecule has 0 bridgehead atoms. The van der Waals surface area contributed by atoms with Gasteiger partial charge < -0.3 is 259 Å². The summed E-state index contributed by atoms with van der Waals surface area (Å²) in [5.74, 6) is -9.30. The summed E-state index contributed by atoms with van der Waals surface area (Å²) in [6.07, 6.45) is -100. The first-order valence-electron chi connectivity index (χ1n) is 40.6. The molecule has 0 unspecified atom stereocenters. The largest absolute Gasteiger partial charge is 0.477 e. The number of ether oxygens (including phenoxy) is 19. The molecule has 128 heavy (non-hydrogen) atoms. The third-order valence-electron chi connectivity index (χ3n) is 23.4. The van der Waals surface area contributed by atoms with Crippen LogP contribution in [-0.4, -0.2) is 550 Å². The second-order valence-corrected chi connectivity index (χ2v) is 32.4. The summed E-state index contributed by atoms with van der Waals surface area (Å²) >= 11 is 0. The van der Waals surface area contributed by atoms with Crippen molar-refractivity contribution in [3.8, 4) is 0 Å². The molecule has 740 valence electrons. The smallest absolute Gasteiger partial charge is 0.364 e. The van der Waals surface area contributed by atoms with Gasteiger partial charge in [-0.05, 0) is 6.92 Å². The Kier molecular flexibility index (Phi) is 37.4. The molecule has 10 aliphatic rings. The molecule has 57 nitrogen and oxygen atoms in total. The zero-order chi connectivity index (χ0) is 94.6. The molecule has 0 aromatic heterocycles. The maximum atomic E-state index is 13.3. The Labute approximate surface area is 723 Å². The quantitative estimate of drug-likeness (QED) is 0.0284. The summed E-state index contributed by atoms with van der Waals surface area (Å²) in [5, 5.41) is 333. The van der Waals surface area contributed by atoms with E-state index in [0.717, 1.165) is 27.7 Å². The molecule has 0 aliphatic carbocycles. The number of hydrogen-bond acceptors (Lipinski definition) is 52. The number of aliphatic hydroxyl groups is 28. The van der Waals surface area contributed by atoms with Gasteiger partial charge in [-0.15, -0.1) is 0 Å². The van der Waals surface area contributed by atoms with Crippen molar-refractivity contribution in [2.24, 2.45) is 0 Å². The highest BCUT2D eigenvalue weighted by Gasteiger charge is 2.64. The molecule has 57 heteroatoms. The van der Waals surface area contributed by atoms with Gasteiger partial charge >= 0.3 is 5.97 Å². The minimum Gasteiger partial charge on any atom is -0.477 e. The Bertz CT molecular complexity index is 3530. The zero-order valence-electron chi connectivity index (χ0n) is 68.7. The van der Waals surface area contributed by atoms with Crippen molar-refractivity contribution in [2.45, 2.75) is 353 Å². The van der Waals surface area contributed by atoms with Gasteiger partial charge in [0, 0.05) is 34.1 Å². The summed E-state index contributed by atoms with van der Waals surface area (Å²) in [5.41, 5.74) is 0. The average molecular weight is 1880 g/mol. The van der Waals surface area contributed by atoms with Gasteiger partial charge in [-0.3, -0.25) is 19.2 Å². The Morgan fingerprint density at radius 2 is 0.680 bits per heavy atom. The van der Waals surface area contributed by atoms with Crippen molar-refractivity contribution in [3.63, 3.8) is 0 Å². The van der Waals surface area contributed by atoms with Crippen molar-refractivity contribution in [1.82, 2.24) is 21.3 Å². The maximum absolute atomic E-state index is 13.3. The zero-order valence-corrected chi connectivity index (χ0v) is 68.7. The molecule has 4 amide bonds. The summed E-state index contributed by atoms with van der Waals surface area (Å²) < 4.78 is 112. The molecule has 10 saturated heterocycles. The van der Waals surface area contributed by atoms with E-state index in [1.165, 1.54) is 6.92 Å². The Morgan fingerprint density at radius 1 is 0.336 bits per heavy atom. The van der Waals surface area contributed by atoms with Crippen molar-refractivity contribution in [3.05, 3.63) is 0 Å². The van der Waals surface area contributed by atoms with Crippen LogP contribution in [0, 0.1) is 0 Å². The fourth-order valence-electron chi connectivity index (χ4n) is 16.5. The fraction of sp³-hybridized carbons (Fsp3) is 0.930. The molecule has 0 radical (unpaired) electrons. The SMILES string of the molecule is CC(=O)N[C@@H]1[C@@H](O)[C@H](O[C@H]2O[C@H](CO)[C@@H](O[C@H]3O[C@H](CO[C@H]4O[C@H](CO)[C@@H](O)[C@H](O[C@H]5O[C@H](CO)[C@@H](O)[C@H](O)[C@@H]5O)[C@@H]4O)[C@@H](O)[C@H](O[C@@H]4O[C@H](CO)[C@@H](O)[C@H](O)[C@@H]4O[C@H]4O[C@H](CO)[C@@H](O[C@@H]5O[C@H](CO)[C@H](O)[C@H](O[C@]6(C(=O)O)C[C@H](O)[C@@H](NC(C)=O)[C@H]([C@H](O)[C@H](O)CO)O6)[C@H]5O)[C@H](O)[C@H]4NC(C)=O)[C@@H]3O)[C@H](O)[C@H]2NC(C)=O)[C@@H](CO[C@H]2O[C@H](C)[C@H](O)[C@H](O)[C@H]2O)O[C@@H]1O. The van der Waals surface area contributed by atoms with Crippen LogP contribution in [0.25, 0.3) is 0 Å². The number of carbonyl (C=O) groups is 5. The minimum absolute atomic E-state index is 0.853. The highest BCUT2D eigenvalue weighted by atomic mass is 16.8. The van der Waals surface area contributed by atoms with Crippen molar-refractivity contribution in [1.29, 1.82) is 0 Å². The van der Waals surface area contributed by atoms with E-state index in [1.54, 1.807) is 0 Å². The molecule has 0 saturated carbocycles. The molecule has 0 aromatic carbocycles. The summed E-state index contributed by atoms with van der Waals surface area (Å²) in [7, 11) is 0. The number of nitrogens with one attached hydrogen (secondary N) is 4. The van der Waals surface area contributed by atoms with Crippen LogP contribution < -0.4 is 21.3 Å². The van der Waals surface area contributed by atoms with E-state index in [4.69, 9.17) is 90.0 Å². The van der Waals surface area contributed by atoms with Gasteiger partial charge in [0.15, 0.2) is 56.6 Å². The second kappa shape index (κ2) is 45.4. The lowest BCUT2D eigenvalue weighted by molar-refractivity contribution is -0.400. The molecular formula is C71H118N4O53. The normalized spacial score (nSPS) is 48.4. The number of carboxylic acids is 1. The Morgan fingerprint density at radius 3 is 1.17 bits per heavy atom. The number of amides is 4. The number of carboxylic acid groups (broad SMARTS) is 1. The van der Waals surface area contributed by atoms with Gasteiger partial charge in [0.05, 0.1) is 77.7 Å². The van der Waals surface area contributed by atoms with Crippen LogP contribution in [0.15, 0.2) is 0 Å². The molecule has 0 spiro atoms. The lowest BCUT2D eigenvalue weighted by Crippen LogP contribution is -2.71. The lowest BCUT2D eigenvalue weighted by atomic mass is 9.88. The third-order valence-corrected chi connectivity index (χ3v) is 23.4. The van der Waals surface area contributed by atoms with E-state index in [1.807, 2.05) is 0 Å². The van der Waals surface area contributed by atoms with Gasteiger partial charge in [0.25, 0.3) is 5.79 Å². The molecule has 10 rings (SSSR count). The van der Waals surface area contributed by atoms with E-state index < -0.39 is 408 Å². The van der Waals surface area contributed by atoms with Gasteiger partial charge in [-0.2, -0.15) is 0 Å². The van der Waals surface area contributed by atoms with Crippen LogP contribution in [0.3, 0.4) is 0 Å². The van der Waals surface area contributed by atoms with E-state index in [9.17, 15) is 172 Å². The number of rotatable bonds is 34. The van der Waals surface area contributed by atoms with Crippen LogP contribution >= 0.6 is 0 Å². The van der Waals surface area contributed by atoms with E-state index in [2.05, 4.69) is 21.3 Å². The second-order valence-electron chi connectivity index (χ2n) is 32.4. The highest BCUT2D eigenvalue weighted by Crippen LogP contribution is 2.43. The topological polar surface area (TPSA) is 896 Å². The van der Waals surface area contributed by atoms with Crippen LogP contribution in [0.2, 0.25) is 0 Å². The van der Waals surface area contributed by atoms with Gasteiger partial charge in [-0.1, -0.05) is 0 Å². The summed E-state index contributed by atoms with van der Waals surface area (Å²) in [6.45, 7) is -5.48. The standard InChI is InChI=1S/C71H118N4O53/c1-16-35(89)45(99)48(102)64(112-16)111-15-30-55(42(96)32(61(107)113-30)73-18(3)84)121-62-33(74-19(4)85)43(97)53(27(12-81)118-62)122-67-51(105)58(41(95)29(120-67)14-110-65-50(104)57(39(93)25(10-79)114-65)124-66-49(103)46(100)37(91)23(8-77)115-66)125-69-60(47(101)38(92)24(9-78)117-69)126-63-34(75-20(5)86)44(98)54(28(13-82)119-63)123-68-52(106)59(40(94)26(11-80)116-68)128-71(70(108)109)6-21(87)31(72-17(2)83)56(127-71)36(90)22(88)7-76/h16,21-69,76-82,87-107H,6-15H2,1-5H3,(H,72,83)(H,73,84)(H,74,85)(H,75,86)(H,108,109)/t16-,21+,22-,23-,24-,25-,26-,27-,28-,29-,30-,31-,32-,33-,34-,35+,36-,37-,38-,39-,40+,41-,42-,43-,44-,45+,46+,47+,48-,49+,50+,51+,52-,53-,54-,55-,56-,57+,58+,59+,60+,61+,62-,63-,64+,65+,66-,67-,68+,69+,71+/m1/s1. The molecule has 10 heterocycles. The highest BCUT2D eigenvalue weighted by molar-refractivity contribution is 5.77. The minimum atomic E-state index is -3.32. The third kappa shape index (κ3) is 23.1. The number of carbonyl (C=O) groups excluding carboxylic acids is 4. The van der Waals surface area contributed by atoms with Crippen LogP contribution in [0.5, 0.6) is 0 Å². The first kappa shape index (κ1) is 106. The maximum Gasteiger partial charge on any atom is 0.364 e. The summed E-state index contributed by atoms with van der Waals surface area (Å²) in [4.78, 5) is 64.5. The number of hydrogen-bond donors (Lipinski definition) is 33. The molecule has 33 N–H and O–H groups in total. The van der Waals surface area contributed by atoms with Gasteiger partial charge in [0.2, 0.25) is 23.6 Å². The van der Waals surface area contributed by atoms with Gasteiger partial charge in [-0.25, -0.2) is 4.79 Å². The fourth-order valence-corrected chi connectivity index (χ4v) is 16.5. The monoisotopic (exact) mass is 1870 g/mol. The van der Waals surface area contributed by atoms with E-state index in [0.29, 0.717) is 0 Å². The molecule has 10 fully saturated rings. The van der Waals surface area contributed by atoms with Crippen LogP contribution in [0.4, 0.5) is 0 Å². The molecule has 51 atom stereocenters. The number of aliphatic hydroxyl groups excluding tert-OH is 28. The summed E-state index contributed by atoms with van der Waals surface area (Å²) in [6, 6.07) is -7.70. The van der Waals surface area contributed by atoms with Crippen molar-refractivity contribution >= 4 is 29.6 Å². The van der Waals surface area contributed by atoms with E-state index in [-0.39, 0.29) is 0 Å². The average Bonchev–Trinajstić information content (AvgIpc) is 0.752. The van der Waals surface area contributed by atoms with Crippen molar-refractivity contribution < 1.29 is 262 Å². The predicted octanol–water partition coefficient (Wildman–Crippen LogP) is -22.0. The molecule has 0 aromatic rings. The van der Waals surface area contributed by atoms with E-state index >= 15 is 0 Å². The first-order chi connectivity index (χ1) is 60.3. The molecular weight excluding hydrogens is 1760 g/mol. The Hall–Kier alpha value is -4.53. The Balaban J connectivity index is 0.956. The predicted molar refractivity (Wildman–Crippen MR) is 392 cm³/mol. The van der Waals surface area contributed by atoms with Crippen LogP contribution in [0.1, 0.15) is 41.0 Å². The van der Waals surface area contributed by atoms with Gasteiger partial charge in [0.1, 0.15) is 232 Å². The number of aliphatic carboxylic acids is 1.